The summed E-state index contributed by atoms with van der Waals surface area (Å²) in [6.07, 6.45) is 1.52. The topological polar surface area (TPSA) is 104 Å². The summed E-state index contributed by atoms with van der Waals surface area (Å²) in [4.78, 5) is 48.8. The first-order chi connectivity index (χ1) is 13.8. The largest absolute Gasteiger partial charge is 0.481 e. The van der Waals surface area contributed by atoms with Crippen molar-refractivity contribution >= 4 is 46.5 Å². The molecule has 0 aliphatic carbocycles. The van der Waals surface area contributed by atoms with Crippen LogP contribution in [0, 0.1) is 6.92 Å². The van der Waals surface area contributed by atoms with Gasteiger partial charge in [-0.3, -0.25) is 24.1 Å². The highest BCUT2D eigenvalue weighted by Gasteiger charge is 2.36. The maximum atomic E-state index is 12.5. The van der Waals surface area contributed by atoms with E-state index >= 15 is 0 Å². The van der Waals surface area contributed by atoms with Crippen LogP contribution in [-0.2, 0) is 20.8 Å². The maximum Gasteiger partial charge on any atom is 0.307 e. The van der Waals surface area contributed by atoms with E-state index in [-0.39, 0.29) is 11.3 Å². The number of hydrogen-bond donors (Lipinski definition) is 2. The van der Waals surface area contributed by atoms with Crippen molar-refractivity contribution < 1.29 is 24.3 Å². The molecule has 0 bridgehead atoms. The molecule has 3 rings (SSSR count). The van der Waals surface area contributed by atoms with E-state index in [0.29, 0.717) is 11.3 Å². The number of aliphatic carboxylic acids is 1. The van der Waals surface area contributed by atoms with Crippen LogP contribution in [0.3, 0.4) is 0 Å². The number of nitrogens with one attached hydrogen (secondary N) is 1. The number of nitrogens with zero attached hydrogens (tertiary/aromatic N) is 1. The van der Waals surface area contributed by atoms with E-state index in [1.807, 2.05) is 31.2 Å². The number of thioether (sulfide) groups is 1. The summed E-state index contributed by atoms with van der Waals surface area (Å²) in [5, 5.41) is 10.9. The Kier molecular flexibility index (Phi) is 6.13. The Morgan fingerprint density at radius 2 is 1.72 bits per heavy atom. The van der Waals surface area contributed by atoms with Crippen LogP contribution in [0.1, 0.15) is 16.7 Å². The number of hydrogen-bond acceptors (Lipinski definition) is 5. The Hall–Kier alpha value is -3.39. The number of amides is 3. The van der Waals surface area contributed by atoms with Gasteiger partial charge in [0.05, 0.1) is 11.3 Å². The molecule has 148 valence electrons. The fraction of sp³-hybridized carbons (Fsp3) is 0.143. The minimum Gasteiger partial charge on any atom is -0.481 e. The molecule has 0 radical (unpaired) electrons. The molecule has 2 N–H and O–H groups in total. The number of carboxylic acid groups (broad SMARTS) is 1. The second-order valence-corrected chi connectivity index (χ2v) is 7.49. The Labute approximate surface area is 171 Å². The predicted molar refractivity (Wildman–Crippen MR) is 110 cm³/mol. The van der Waals surface area contributed by atoms with Crippen LogP contribution in [-0.4, -0.2) is 39.6 Å². The van der Waals surface area contributed by atoms with Crippen molar-refractivity contribution in [3.63, 3.8) is 0 Å². The average molecular weight is 410 g/mol. The average Bonchev–Trinajstić information content (AvgIpc) is 2.92. The lowest BCUT2D eigenvalue weighted by atomic mass is 10.1. The molecule has 0 aromatic heterocycles. The standard InChI is InChI=1S/C21H18N2O5S/c1-13-2-4-14(5-3-13)10-17-20(27)23(21(28)29-17)12-18(24)22-16-8-6-15(7-9-16)11-19(25)26/h2-10H,11-12H2,1H3,(H,22,24)(H,25,26)/b17-10-. The first-order valence-electron chi connectivity index (χ1n) is 8.74. The normalized spacial score (nSPS) is 15.1. The highest BCUT2D eigenvalue weighted by molar-refractivity contribution is 8.18. The summed E-state index contributed by atoms with van der Waals surface area (Å²) in [6.45, 7) is 1.56. The molecule has 2 aromatic rings. The van der Waals surface area contributed by atoms with Gasteiger partial charge >= 0.3 is 5.97 Å². The molecule has 0 saturated carbocycles. The number of carbonyl (C=O) groups excluding carboxylic acids is 3. The molecular weight excluding hydrogens is 392 g/mol. The summed E-state index contributed by atoms with van der Waals surface area (Å²) in [6, 6.07) is 13.8. The van der Waals surface area contributed by atoms with Crippen molar-refractivity contribution in [3.8, 4) is 0 Å². The van der Waals surface area contributed by atoms with Crippen molar-refractivity contribution in [3.05, 3.63) is 70.1 Å². The zero-order valence-corrected chi connectivity index (χ0v) is 16.4. The zero-order valence-electron chi connectivity index (χ0n) is 15.5. The quantitative estimate of drug-likeness (QED) is 0.708. The van der Waals surface area contributed by atoms with E-state index in [2.05, 4.69) is 5.32 Å². The molecule has 1 aliphatic rings. The maximum absolute atomic E-state index is 12.5. The molecular formula is C21H18N2O5S. The third-order valence-corrected chi connectivity index (χ3v) is 5.05. The third kappa shape index (κ3) is 5.32. The van der Waals surface area contributed by atoms with Gasteiger partial charge in [0.25, 0.3) is 11.1 Å². The summed E-state index contributed by atoms with van der Waals surface area (Å²) in [7, 11) is 0. The zero-order chi connectivity index (χ0) is 21.0. The van der Waals surface area contributed by atoms with Crippen molar-refractivity contribution in [2.75, 3.05) is 11.9 Å². The number of aryl methyl sites for hydroxylation is 1. The van der Waals surface area contributed by atoms with Crippen molar-refractivity contribution in [2.24, 2.45) is 0 Å². The van der Waals surface area contributed by atoms with E-state index in [0.717, 1.165) is 27.8 Å². The second-order valence-electron chi connectivity index (χ2n) is 6.49. The van der Waals surface area contributed by atoms with Gasteiger partial charge in [-0.25, -0.2) is 0 Å². The number of carboxylic acids is 1. The summed E-state index contributed by atoms with van der Waals surface area (Å²) >= 11 is 0.800. The third-order valence-electron chi connectivity index (χ3n) is 4.14. The lowest BCUT2D eigenvalue weighted by molar-refractivity contribution is -0.136. The lowest BCUT2D eigenvalue weighted by Gasteiger charge is -2.12. The molecule has 0 spiro atoms. The molecule has 1 heterocycles. The molecule has 29 heavy (non-hydrogen) atoms. The second kappa shape index (κ2) is 8.74. The molecule has 0 unspecified atom stereocenters. The van der Waals surface area contributed by atoms with E-state index < -0.39 is 29.6 Å². The number of imide groups is 1. The van der Waals surface area contributed by atoms with Crippen LogP contribution in [0.4, 0.5) is 10.5 Å². The van der Waals surface area contributed by atoms with Crippen LogP contribution in [0.15, 0.2) is 53.4 Å². The van der Waals surface area contributed by atoms with E-state index in [1.165, 1.54) is 0 Å². The van der Waals surface area contributed by atoms with Gasteiger partial charge in [-0.15, -0.1) is 0 Å². The van der Waals surface area contributed by atoms with Crippen LogP contribution in [0.2, 0.25) is 0 Å². The smallest absolute Gasteiger partial charge is 0.307 e. The fourth-order valence-corrected chi connectivity index (χ4v) is 3.51. The van der Waals surface area contributed by atoms with Gasteiger partial charge in [0.1, 0.15) is 6.54 Å². The minimum absolute atomic E-state index is 0.113. The monoisotopic (exact) mass is 410 g/mol. The first kappa shape index (κ1) is 20.3. The van der Waals surface area contributed by atoms with Crippen LogP contribution >= 0.6 is 11.8 Å². The first-order valence-corrected chi connectivity index (χ1v) is 9.56. The van der Waals surface area contributed by atoms with Gasteiger partial charge in [0.2, 0.25) is 5.91 Å². The number of benzene rings is 2. The minimum atomic E-state index is -0.945. The van der Waals surface area contributed by atoms with Crippen molar-refractivity contribution in [1.82, 2.24) is 4.90 Å². The van der Waals surface area contributed by atoms with Gasteiger partial charge in [0.15, 0.2) is 0 Å². The van der Waals surface area contributed by atoms with Gasteiger partial charge in [-0.2, -0.15) is 0 Å². The Bertz CT molecular complexity index is 997. The van der Waals surface area contributed by atoms with Gasteiger partial charge in [-0.05, 0) is 48.0 Å². The fourth-order valence-electron chi connectivity index (χ4n) is 2.68. The van der Waals surface area contributed by atoms with Crippen LogP contribution in [0.25, 0.3) is 6.08 Å². The number of anilines is 1. The molecule has 1 aliphatic heterocycles. The van der Waals surface area contributed by atoms with Gasteiger partial charge < -0.3 is 10.4 Å². The number of rotatable bonds is 6. The lowest BCUT2D eigenvalue weighted by Crippen LogP contribution is -2.36. The van der Waals surface area contributed by atoms with Crippen molar-refractivity contribution in [2.45, 2.75) is 13.3 Å². The predicted octanol–water partition coefficient (Wildman–Crippen LogP) is 3.30. The van der Waals surface area contributed by atoms with E-state index in [1.54, 1.807) is 30.3 Å². The summed E-state index contributed by atoms with van der Waals surface area (Å²) < 4.78 is 0. The Balaban J connectivity index is 1.62. The summed E-state index contributed by atoms with van der Waals surface area (Å²) in [5.74, 6) is -1.97. The SMILES string of the molecule is Cc1ccc(/C=C2\SC(=O)N(CC(=O)Nc3ccc(CC(=O)O)cc3)C2=O)cc1. The van der Waals surface area contributed by atoms with E-state index in [4.69, 9.17) is 5.11 Å². The van der Waals surface area contributed by atoms with Crippen LogP contribution in [0.5, 0.6) is 0 Å². The van der Waals surface area contributed by atoms with Gasteiger partial charge in [0, 0.05) is 5.69 Å². The van der Waals surface area contributed by atoms with Crippen LogP contribution < -0.4 is 5.32 Å². The molecule has 0 atom stereocenters. The highest BCUT2D eigenvalue weighted by atomic mass is 32.2. The molecule has 2 aromatic carbocycles. The molecule has 1 saturated heterocycles. The van der Waals surface area contributed by atoms with Gasteiger partial charge in [-0.1, -0.05) is 42.0 Å². The molecule has 1 fully saturated rings. The van der Waals surface area contributed by atoms with E-state index in [9.17, 15) is 19.2 Å². The Morgan fingerprint density at radius 3 is 2.34 bits per heavy atom. The molecule has 7 nitrogen and oxygen atoms in total. The van der Waals surface area contributed by atoms with Crippen molar-refractivity contribution in [1.29, 1.82) is 0 Å². The summed E-state index contributed by atoms with van der Waals surface area (Å²) in [5.41, 5.74) is 2.93. The highest BCUT2D eigenvalue weighted by Crippen LogP contribution is 2.32. The molecule has 3 amide bonds. The molecule has 8 heteroatoms. The number of carbonyl (C=O) groups is 4. The Morgan fingerprint density at radius 1 is 1.07 bits per heavy atom.